The van der Waals surface area contributed by atoms with Crippen LogP contribution in [0.2, 0.25) is 0 Å². The van der Waals surface area contributed by atoms with Crippen LogP contribution in [0.25, 0.3) is 11.1 Å². The SMILES string of the molecule is COC(=O)NC(C(=O)NC(Cc1ccc(-c2cccnc2)cc1)C(O)CN(Cc1ccc(F)c(F)c1F)NC(=O)OC)C(C)(C)C. The number of alkyl carbamates (subject to hydrolysis) is 1. The fourth-order valence-electron chi connectivity index (χ4n) is 4.59. The Balaban J connectivity index is 1.92. The van der Waals surface area contributed by atoms with Crippen LogP contribution in [0.5, 0.6) is 0 Å². The first-order chi connectivity index (χ1) is 21.7. The molecule has 0 spiro atoms. The van der Waals surface area contributed by atoms with E-state index in [-0.39, 0.29) is 12.0 Å². The smallest absolute Gasteiger partial charge is 0.421 e. The number of nitrogens with zero attached hydrogens (tertiary/aromatic N) is 2. The van der Waals surface area contributed by atoms with Gasteiger partial charge in [-0.3, -0.25) is 15.2 Å². The number of aliphatic hydroxyl groups excluding tert-OH is 1. The molecule has 3 rings (SSSR count). The van der Waals surface area contributed by atoms with Gasteiger partial charge in [0, 0.05) is 31.0 Å². The van der Waals surface area contributed by atoms with Crippen molar-refractivity contribution in [1.29, 1.82) is 0 Å². The van der Waals surface area contributed by atoms with Crippen LogP contribution in [0.15, 0.2) is 60.9 Å². The van der Waals surface area contributed by atoms with Gasteiger partial charge in [-0.15, -0.1) is 0 Å². The summed E-state index contributed by atoms with van der Waals surface area (Å²) < 4.78 is 51.3. The van der Waals surface area contributed by atoms with Gasteiger partial charge in [-0.2, -0.15) is 0 Å². The highest BCUT2D eigenvalue weighted by atomic mass is 19.2. The Bertz CT molecular complexity index is 1490. The number of carbonyl (C=O) groups excluding carboxylic acids is 3. The fraction of sp³-hybridized carbons (Fsp3) is 0.375. The summed E-state index contributed by atoms with van der Waals surface area (Å²) in [5.74, 6) is -5.18. The van der Waals surface area contributed by atoms with E-state index in [0.29, 0.717) is 5.56 Å². The molecule has 14 heteroatoms. The van der Waals surface area contributed by atoms with Crippen molar-refractivity contribution in [2.75, 3.05) is 20.8 Å². The van der Waals surface area contributed by atoms with E-state index in [9.17, 15) is 32.7 Å². The molecule has 3 unspecified atom stereocenters. The number of amides is 3. The average molecular weight is 646 g/mol. The van der Waals surface area contributed by atoms with E-state index < -0.39 is 72.2 Å². The fourth-order valence-corrected chi connectivity index (χ4v) is 4.59. The summed E-state index contributed by atoms with van der Waals surface area (Å²) in [6.45, 7) is 4.28. The normalized spacial score (nSPS) is 13.3. The molecule has 0 saturated carbocycles. The number of aliphatic hydroxyl groups is 1. The molecular formula is C32H38F3N5O6. The van der Waals surface area contributed by atoms with E-state index in [2.05, 4.69) is 30.5 Å². The summed E-state index contributed by atoms with van der Waals surface area (Å²) in [6.07, 6.45) is 0.205. The number of nitrogens with one attached hydrogen (secondary N) is 3. The quantitative estimate of drug-likeness (QED) is 0.171. The van der Waals surface area contributed by atoms with Crippen LogP contribution in [-0.2, 0) is 27.2 Å². The number of hydrogen-bond donors (Lipinski definition) is 4. The van der Waals surface area contributed by atoms with E-state index in [1.807, 2.05) is 30.3 Å². The summed E-state index contributed by atoms with van der Waals surface area (Å²) in [7, 11) is 2.24. The van der Waals surface area contributed by atoms with Crippen molar-refractivity contribution in [2.24, 2.45) is 5.41 Å². The maximum atomic E-state index is 14.5. The van der Waals surface area contributed by atoms with Gasteiger partial charge in [-0.05, 0) is 40.7 Å². The molecule has 0 radical (unpaired) electrons. The molecule has 46 heavy (non-hydrogen) atoms. The second-order valence-electron chi connectivity index (χ2n) is 11.6. The van der Waals surface area contributed by atoms with Crippen molar-refractivity contribution in [3.63, 3.8) is 0 Å². The number of carbonyl (C=O) groups is 3. The monoisotopic (exact) mass is 645 g/mol. The number of methoxy groups -OCH3 is 2. The Kier molecular flexibility index (Phi) is 12.5. The summed E-state index contributed by atoms with van der Waals surface area (Å²) in [5, 5.41) is 17.8. The number of rotatable bonds is 12. The number of pyridine rings is 1. The van der Waals surface area contributed by atoms with Crippen molar-refractivity contribution < 1.29 is 42.1 Å². The number of aromatic nitrogens is 1. The van der Waals surface area contributed by atoms with Crippen molar-refractivity contribution in [3.05, 3.63) is 89.5 Å². The molecular weight excluding hydrogens is 607 g/mol. The van der Waals surface area contributed by atoms with E-state index in [4.69, 9.17) is 0 Å². The Hall–Kier alpha value is -4.69. The molecule has 0 saturated heterocycles. The van der Waals surface area contributed by atoms with Crippen LogP contribution in [0.1, 0.15) is 31.9 Å². The molecule has 0 aliphatic rings. The lowest BCUT2D eigenvalue weighted by atomic mass is 9.85. The van der Waals surface area contributed by atoms with Crippen LogP contribution in [0, 0.1) is 22.9 Å². The largest absolute Gasteiger partial charge is 0.453 e. The summed E-state index contributed by atoms with van der Waals surface area (Å²) >= 11 is 0. The minimum atomic E-state index is -1.69. The molecule has 3 aromatic rings. The minimum absolute atomic E-state index is 0.0842. The molecule has 3 amide bonds. The lowest BCUT2D eigenvalue weighted by molar-refractivity contribution is -0.127. The van der Waals surface area contributed by atoms with E-state index in [0.717, 1.165) is 42.5 Å². The second kappa shape index (κ2) is 16.0. The van der Waals surface area contributed by atoms with Gasteiger partial charge in [0.25, 0.3) is 0 Å². The topological polar surface area (TPSA) is 142 Å². The number of hydrogen-bond acceptors (Lipinski definition) is 8. The van der Waals surface area contributed by atoms with Gasteiger partial charge in [0.15, 0.2) is 17.5 Å². The molecule has 0 bridgehead atoms. The number of hydrazine groups is 1. The lowest BCUT2D eigenvalue weighted by Gasteiger charge is -2.34. The number of benzene rings is 2. The van der Waals surface area contributed by atoms with Crippen LogP contribution in [0.4, 0.5) is 22.8 Å². The summed E-state index contributed by atoms with van der Waals surface area (Å²) in [4.78, 5) is 41.9. The van der Waals surface area contributed by atoms with Crippen molar-refractivity contribution in [3.8, 4) is 11.1 Å². The Morgan fingerprint density at radius 1 is 0.913 bits per heavy atom. The zero-order valence-corrected chi connectivity index (χ0v) is 26.1. The Labute approximate surface area is 265 Å². The predicted octanol–water partition coefficient (Wildman–Crippen LogP) is 4.10. The maximum Gasteiger partial charge on any atom is 0.421 e. The molecule has 3 atom stereocenters. The van der Waals surface area contributed by atoms with Gasteiger partial charge in [0.2, 0.25) is 5.91 Å². The highest BCUT2D eigenvalue weighted by molar-refractivity contribution is 5.86. The first-order valence-corrected chi connectivity index (χ1v) is 14.3. The Morgan fingerprint density at radius 2 is 1.59 bits per heavy atom. The molecule has 1 heterocycles. The van der Waals surface area contributed by atoms with Crippen molar-refractivity contribution >= 4 is 18.1 Å². The van der Waals surface area contributed by atoms with E-state index in [1.54, 1.807) is 39.2 Å². The van der Waals surface area contributed by atoms with Crippen LogP contribution < -0.4 is 16.1 Å². The van der Waals surface area contributed by atoms with E-state index >= 15 is 0 Å². The van der Waals surface area contributed by atoms with Gasteiger partial charge >= 0.3 is 12.2 Å². The molecule has 0 aliphatic heterocycles. The van der Waals surface area contributed by atoms with E-state index in [1.165, 1.54) is 0 Å². The molecule has 4 N–H and O–H groups in total. The maximum absolute atomic E-state index is 14.5. The van der Waals surface area contributed by atoms with Crippen LogP contribution >= 0.6 is 0 Å². The van der Waals surface area contributed by atoms with Crippen LogP contribution in [0.3, 0.4) is 0 Å². The Morgan fingerprint density at radius 3 is 2.17 bits per heavy atom. The summed E-state index contributed by atoms with van der Waals surface area (Å²) in [5.41, 5.74) is 3.71. The van der Waals surface area contributed by atoms with Gasteiger partial charge in [-0.1, -0.05) is 57.2 Å². The minimum Gasteiger partial charge on any atom is -0.453 e. The average Bonchev–Trinajstić information content (AvgIpc) is 3.03. The molecule has 248 valence electrons. The highest BCUT2D eigenvalue weighted by Gasteiger charge is 2.36. The summed E-state index contributed by atoms with van der Waals surface area (Å²) in [6, 6.07) is 10.7. The van der Waals surface area contributed by atoms with Gasteiger partial charge in [0.05, 0.1) is 26.4 Å². The third kappa shape index (κ3) is 9.91. The number of halogens is 3. The van der Waals surface area contributed by atoms with Gasteiger partial charge in [-0.25, -0.2) is 27.8 Å². The lowest BCUT2D eigenvalue weighted by Crippen LogP contribution is -2.59. The molecule has 1 aromatic heterocycles. The second-order valence-corrected chi connectivity index (χ2v) is 11.6. The standard InChI is InChI=1S/C32H38F3N5O6/c1-32(2,3)28(38-30(43)45-4)29(42)37-24(15-19-8-10-20(11-9-19)21-7-6-14-36-16-21)25(41)18-40(39-31(44)46-5)17-22-12-13-23(33)27(35)26(22)34/h6-14,16,24-25,28,41H,15,17-18H2,1-5H3,(H,37,42)(H,38,43)(H,39,44). The van der Waals surface area contributed by atoms with Crippen molar-refractivity contribution in [1.82, 2.24) is 26.1 Å². The predicted molar refractivity (Wildman–Crippen MR) is 162 cm³/mol. The molecule has 2 aromatic carbocycles. The van der Waals surface area contributed by atoms with Crippen molar-refractivity contribution in [2.45, 2.75) is 51.9 Å². The molecule has 0 fully saturated rings. The third-order valence-corrected chi connectivity index (χ3v) is 7.09. The molecule has 0 aliphatic carbocycles. The van der Waals surface area contributed by atoms with Gasteiger partial charge in [0.1, 0.15) is 6.04 Å². The molecule has 11 nitrogen and oxygen atoms in total. The first-order valence-electron chi connectivity index (χ1n) is 14.3. The number of ether oxygens (including phenoxy) is 2. The first kappa shape index (κ1) is 35.8. The highest BCUT2D eigenvalue weighted by Crippen LogP contribution is 2.22. The third-order valence-electron chi connectivity index (χ3n) is 7.09. The zero-order valence-electron chi connectivity index (χ0n) is 26.1. The van der Waals surface area contributed by atoms with Crippen LogP contribution in [-0.4, -0.2) is 72.1 Å². The van der Waals surface area contributed by atoms with Gasteiger partial charge < -0.3 is 25.2 Å². The zero-order chi connectivity index (χ0) is 34.0.